The fourth-order valence-corrected chi connectivity index (χ4v) is 5.11. The second-order valence-corrected chi connectivity index (χ2v) is 8.93. The summed E-state index contributed by atoms with van der Waals surface area (Å²) in [4.78, 5) is 51.7. The number of nitrogens with one attached hydrogen (secondary N) is 2. The molecular weight excluding hydrogens is 408 g/mol. The number of imidazole rings is 1. The molecule has 3 fully saturated rings. The van der Waals surface area contributed by atoms with Gasteiger partial charge in [-0.3, -0.25) is 19.4 Å². The molecule has 0 aliphatic carbocycles. The quantitative estimate of drug-likeness (QED) is 0.709. The largest absolute Gasteiger partial charge is 0.347 e. The molecule has 1 aromatic heterocycles. The molecule has 2 N–H and O–H groups in total. The zero-order chi connectivity index (χ0) is 22.1. The number of hydrogen-bond donors (Lipinski definition) is 2. The highest BCUT2D eigenvalue weighted by atomic mass is 16.2. The van der Waals surface area contributed by atoms with Crippen molar-refractivity contribution in [2.75, 3.05) is 26.2 Å². The highest BCUT2D eigenvalue weighted by Crippen LogP contribution is 2.33. The van der Waals surface area contributed by atoms with Gasteiger partial charge in [0.2, 0.25) is 0 Å². The first-order valence-electron chi connectivity index (χ1n) is 11.3. The van der Waals surface area contributed by atoms with E-state index in [-0.39, 0.29) is 23.9 Å². The van der Waals surface area contributed by atoms with Crippen LogP contribution in [0.25, 0.3) is 0 Å². The van der Waals surface area contributed by atoms with Gasteiger partial charge in [0.05, 0.1) is 6.33 Å². The van der Waals surface area contributed by atoms with Crippen LogP contribution in [0.1, 0.15) is 41.7 Å². The minimum absolute atomic E-state index is 0.0290. The Morgan fingerprint density at radius 1 is 1.06 bits per heavy atom. The maximum absolute atomic E-state index is 13.4. The molecule has 1 aromatic carbocycles. The van der Waals surface area contributed by atoms with E-state index in [0.29, 0.717) is 31.5 Å². The smallest absolute Gasteiger partial charge is 0.325 e. The van der Waals surface area contributed by atoms with Crippen LogP contribution < -0.4 is 5.32 Å². The minimum atomic E-state index is -0.877. The van der Waals surface area contributed by atoms with Crippen molar-refractivity contribution in [3.05, 3.63) is 54.1 Å². The van der Waals surface area contributed by atoms with Crippen molar-refractivity contribution in [2.45, 2.75) is 43.8 Å². The average molecular weight is 437 g/mol. The molecule has 3 aliphatic heterocycles. The molecule has 0 unspecified atom stereocenters. The molecule has 5 rings (SSSR count). The third-order valence-corrected chi connectivity index (χ3v) is 6.99. The predicted octanol–water partition coefficient (Wildman–Crippen LogP) is 1.60. The van der Waals surface area contributed by atoms with E-state index in [4.69, 9.17) is 0 Å². The molecule has 0 bridgehead atoms. The Morgan fingerprint density at radius 2 is 1.78 bits per heavy atom. The van der Waals surface area contributed by atoms with Gasteiger partial charge in [-0.1, -0.05) is 18.2 Å². The van der Waals surface area contributed by atoms with Crippen molar-refractivity contribution in [2.24, 2.45) is 0 Å². The first-order chi connectivity index (χ1) is 15.6. The number of aromatic amines is 1. The van der Waals surface area contributed by atoms with Crippen LogP contribution in [0, 0.1) is 0 Å². The molecule has 1 spiro atoms. The van der Waals surface area contributed by atoms with Gasteiger partial charge in [0, 0.05) is 56.2 Å². The second-order valence-electron chi connectivity index (χ2n) is 8.93. The number of benzene rings is 1. The number of rotatable bonds is 4. The van der Waals surface area contributed by atoms with Gasteiger partial charge in [-0.15, -0.1) is 0 Å². The minimum Gasteiger partial charge on any atom is -0.347 e. The van der Waals surface area contributed by atoms with Crippen LogP contribution in [0.2, 0.25) is 0 Å². The fourth-order valence-electron chi connectivity index (χ4n) is 5.11. The third-order valence-electron chi connectivity index (χ3n) is 6.99. The van der Waals surface area contributed by atoms with E-state index in [9.17, 15) is 14.4 Å². The van der Waals surface area contributed by atoms with Gasteiger partial charge in [0.15, 0.2) is 0 Å². The second kappa shape index (κ2) is 8.38. The Bertz CT molecular complexity index is 976. The number of carbonyl (C=O) groups excluding carboxylic acids is 3. The number of hydrogen-bond acceptors (Lipinski definition) is 5. The van der Waals surface area contributed by atoms with Crippen molar-refractivity contribution in [3.8, 4) is 0 Å². The number of likely N-dealkylation sites (tertiary alicyclic amines) is 2. The first-order valence-corrected chi connectivity index (χ1v) is 11.3. The van der Waals surface area contributed by atoms with Crippen molar-refractivity contribution in [1.82, 2.24) is 30.0 Å². The van der Waals surface area contributed by atoms with Gasteiger partial charge in [-0.05, 0) is 37.8 Å². The molecule has 9 nitrogen and oxygen atoms in total. The number of urea groups is 1. The van der Waals surface area contributed by atoms with E-state index in [2.05, 4.69) is 20.2 Å². The summed E-state index contributed by atoms with van der Waals surface area (Å²) in [5.74, 6) is -0.153. The van der Waals surface area contributed by atoms with Gasteiger partial charge in [-0.2, -0.15) is 0 Å². The Labute approximate surface area is 186 Å². The van der Waals surface area contributed by atoms with Crippen LogP contribution in [-0.4, -0.2) is 80.3 Å². The Morgan fingerprint density at radius 3 is 2.44 bits per heavy atom. The summed E-state index contributed by atoms with van der Waals surface area (Å²) < 4.78 is 0. The number of H-pyrrole nitrogens is 1. The summed E-state index contributed by atoms with van der Waals surface area (Å²) in [5, 5.41) is 2.99. The van der Waals surface area contributed by atoms with E-state index < -0.39 is 5.54 Å². The number of aromatic nitrogens is 2. The van der Waals surface area contributed by atoms with Crippen LogP contribution in [0.4, 0.5) is 4.79 Å². The fraction of sp³-hybridized carbons (Fsp3) is 0.478. The molecule has 4 amide bonds. The van der Waals surface area contributed by atoms with Crippen LogP contribution in [0.15, 0.2) is 42.9 Å². The van der Waals surface area contributed by atoms with E-state index in [1.165, 1.54) is 4.90 Å². The average Bonchev–Trinajstić information content (AvgIpc) is 3.41. The lowest BCUT2D eigenvalue weighted by molar-refractivity contribution is -0.135. The molecule has 4 heterocycles. The van der Waals surface area contributed by atoms with Crippen LogP contribution in [-0.2, 0) is 11.3 Å². The number of carbonyl (C=O) groups is 3. The molecule has 2 aromatic rings. The highest BCUT2D eigenvalue weighted by molar-refractivity contribution is 6.07. The lowest BCUT2D eigenvalue weighted by atomic mass is 9.86. The lowest BCUT2D eigenvalue weighted by Gasteiger charge is -2.38. The Balaban J connectivity index is 1.19. The van der Waals surface area contributed by atoms with Crippen LogP contribution in [0.5, 0.6) is 0 Å². The molecule has 0 radical (unpaired) electrons. The molecular formula is C23H28N6O3. The summed E-state index contributed by atoms with van der Waals surface area (Å²) in [5.41, 5.74) is 0.834. The molecule has 0 atom stereocenters. The number of imide groups is 1. The van der Waals surface area contributed by atoms with Crippen LogP contribution >= 0.6 is 0 Å². The van der Waals surface area contributed by atoms with E-state index in [0.717, 1.165) is 38.2 Å². The maximum atomic E-state index is 13.4. The Kier molecular flexibility index (Phi) is 5.42. The van der Waals surface area contributed by atoms with E-state index in [1.54, 1.807) is 23.4 Å². The third kappa shape index (κ3) is 3.77. The highest BCUT2D eigenvalue weighted by Gasteiger charge is 2.54. The standard InChI is InChI=1S/C23H28N6O3/c30-20(17-4-2-1-3-5-17)28-12-8-23(9-13-28)21(31)29(22(32)26-23)19-6-10-27(11-7-19)15-18-14-24-16-25-18/h1-5,14,16,19H,6-13,15H2,(H,24,25)(H,26,32). The summed E-state index contributed by atoms with van der Waals surface area (Å²) in [6.07, 6.45) is 5.93. The summed E-state index contributed by atoms with van der Waals surface area (Å²) >= 11 is 0. The van der Waals surface area contributed by atoms with Crippen LogP contribution in [0.3, 0.4) is 0 Å². The normalized spacial score (nSPS) is 21.9. The van der Waals surface area contributed by atoms with Gasteiger partial charge < -0.3 is 15.2 Å². The van der Waals surface area contributed by atoms with Crippen molar-refractivity contribution in [1.29, 1.82) is 0 Å². The number of amides is 4. The van der Waals surface area contributed by atoms with Gasteiger partial charge in [0.1, 0.15) is 5.54 Å². The SMILES string of the molecule is O=C(c1ccccc1)N1CCC2(CC1)NC(=O)N(C1CCN(Cc3cnc[nH]3)CC1)C2=O. The maximum Gasteiger partial charge on any atom is 0.325 e. The monoisotopic (exact) mass is 436 g/mol. The number of piperidine rings is 2. The van der Waals surface area contributed by atoms with E-state index in [1.807, 2.05) is 24.4 Å². The van der Waals surface area contributed by atoms with Crippen molar-refractivity contribution in [3.63, 3.8) is 0 Å². The zero-order valence-electron chi connectivity index (χ0n) is 18.0. The first kappa shape index (κ1) is 20.7. The summed E-state index contributed by atoms with van der Waals surface area (Å²) in [6, 6.07) is 8.81. The topological polar surface area (TPSA) is 102 Å². The zero-order valence-corrected chi connectivity index (χ0v) is 18.0. The van der Waals surface area contributed by atoms with E-state index >= 15 is 0 Å². The summed E-state index contributed by atoms with van der Waals surface area (Å²) in [7, 11) is 0. The number of nitrogens with zero attached hydrogens (tertiary/aromatic N) is 4. The Hall–Kier alpha value is -3.20. The molecule has 32 heavy (non-hydrogen) atoms. The predicted molar refractivity (Wildman–Crippen MR) is 117 cm³/mol. The van der Waals surface area contributed by atoms with Crippen molar-refractivity contribution >= 4 is 17.8 Å². The van der Waals surface area contributed by atoms with Crippen molar-refractivity contribution < 1.29 is 14.4 Å². The van der Waals surface area contributed by atoms with Gasteiger partial charge in [0.25, 0.3) is 11.8 Å². The molecule has 9 heteroatoms. The lowest BCUT2D eigenvalue weighted by Crippen LogP contribution is -2.56. The summed E-state index contributed by atoms with van der Waals surface area (Å²) in [6.45, 7) is 3.36. The molecule has 0 saturated carbocycles. The molecule has 3 aliphatic rings. The van der Waals surface area contributed by atoms with Gasteiger partial charge >= 0.3 is 6.03 Å². The molecule has 168 valence electrons. The van der Waals surface area contributed by atoms with Gasteiger partial charge in [-0.25, -0.2) is 9.78 Å². The molecule has 3 saturated heterocycles.